The quantitative estimate of drug-likeness (QED) is 0.461. The Bertz CT molecular complexity index is 1150. The molecule has 184 valence electrons. The molecule has 0 N–H and O–H groups in total. The molecule has 35 heavy (non-hydrogen) atoms. The first-order valence-electron chi connectivity index (χ1n) is 11.3. The van der Waals surface area contributed by atoms with Crippen LogP contribution in [0, 0.1) is 10.1 Å². The summed E-state index contributed by atoms with van der Waals surface area (Å²) in [6.45, 7) is 7.30. The molecule has 2 aromatic carbocycles. The minimum absolute atomic E-state index is 0.0878. The van der Waals surface area contributed by atoms with E-state index in [1.54, 1.807) is 26.0 Å². The number of hydrogen-bond acceptors (Lipinski definition) is 8. The highest BCUT2D eigenvalue weighted by molar-refractivity contribution is 6.07. The van der Waals surface area contributed by atoms with Gasteiger partial charge in [-0.15, -0.1) is 0 Å². The van der Waals surface area contributed by atoms with Gasteiger partial charge in [-0.3, -0.25) is 15.1 Å². The minimum atomic E-state index is -0.853. The third-order valence-electron chi connectivity index (χ3n) is 5.87. The second-order valence-corrected chi connectivity index (χ2v) is 8.45. The van der Waals surface area contributed by atoms with Crippen LogP contribution in [-0.2, 0) is 9.47 Å². The summed E-state index contributed by atoms with van der Waals surface area (Å²) in [4.78, 5) is 44.1. The predicted molar refractivity (Wildman–Crippen MR) is 126 cm³/mol. The average molecular weight is 482 g/mol. The Hall–Kier alpha value is -3.99. The molecule has 2 aliphatic rings. The second-order valence-electron chi connectivity index (χ2n) is 8.45. The van der Waals surface area contributed by atoms with Crippen molar-refractivity contribution in [3.8, 4) is 0 Å². The van der Waals surface area contributed by atoms with Crippen molar-refractivity contribution in [3.05, 3.63) is 75.8 Å². The summed E-state index contributed by atoms with van der Waals surface area (Å²) in [7, 11) is 0. The Balaban J connectivity index is 1.91. The predicted octanol–water partition coefficient (Wildman–Crippen LogP) is 4.31. The van der Waals surface area contributed by atoms with Crippen molar-refractivity contribution >= 4 is 23.6 Å². The highest BCUT2D eigenvalue weighted by Gasteiger charge is 2.61. The standard InChI is InChI=1S/C24H27N5O6/c1-5-34-22(30)27-20(17-12-14-18(15-13-17)29(32)33)26-21(28(27)23(31)35-6-2)19(25-24(26,3)4)16-10-8-7-9-11-16/h7-15,20-21H,5-6H2,1-4H3. The van der Waals surface area contributed by atoms with Gasteiger partial charge in [0.05, 0.1) is 23.8 Å². The number of aliphatic imine (C=N–C) groups is 1. The summed E-state index contributed by atoms with van der Waals surface area (Å²) in [6, 6.07) is 15.2. The van der Waals surface area contributed by atoms with Crippen molar-refractivity contribution in [2.75, 3.05) is 13.2 Å². The van der Waals surface area contributed by atoms with Gasteiger partial charge in [0.15, 0.2) is 6.17 Å². The lowest BCUT2D eigenvalue weighted by Gasteiger charge is -2.35. The number of nitro groups is 1. The van der Waals surface area contributed by atoms with E-state index < -0.39 is 35.1 Å². The summed E-state index contributed by atoms with van der Waals surface area (Å²) < 4.78 is 10.7. The zero-order valence-corrected chi connectivity index (χ0v) is 20.0. The number of hydrazine groups is 1. The van der Waals surface area contributed by atoms with Crippen molar-refractivity contribution in [1.82, 2.24) is 14.9 Å². The third-order valence-corrected chi connectivity index (χ3v) is 5.87. The monoisotopic (exact) mass is 481 g/mol. The molecule has 0 saturated carbocycles. The lowest BCUT2D eigenvalue weighted by atomic mass is 10.1. The van der Waals surface area contributed by atoms with E-state index in [0.29, 0.717) is 11.3 Å². The van der Waals surface area contributed by atoms with Crippen molar-refractivity contribution in [1.29, 1.82) is 0 Å². The Kier molecular flexibility index (Phi) is 6.44. The van der Waals surface area contributed by atoms with Crippen LogP contribution in [0.4, 0.5) is 15.3 Å². The van der Waals surface area contributed by atoms with Gasteiger partial charge in [0.25, 0.3) is 5.69 Å². The summed E-state index contributed by atoms with van der Waals surface area (Å²) in [5.41, 5.74) is 0.986. The Morgan fingerprint density at radius 1 is 0.943 bits per heavy atom. The fraction of sp³-hybridized carbons (Fsp3) is 0.375. The molecule has 2 aromatic rings. The zero-order valence-electron chi connectivity index (χ0n) is 20.0. The maximum Gasteiger partial charge on any atom is 0.430 e. The largest absolute Gasteiger partial charge is 0.448 e. The van der Waals surface area contributed by atoms with Gasteiger partial charge in [0.1, 0.15) is 11.8 Å². The number of carbonyl (C=O) groups excluding carboxylic acids is 2. The molecule has 0 aromatic heterocycles. The molecule has 2 unspecified atom stereocenters. The number of non-ortho nitro benzene ring substituents is 1. The third kappa shape index (κ3) is 4.18. The van der Waals surface area contributed by atoms with Gasteiger partial charge in [0, 0.05) is 12.1 Å². The topological polar surface area (TPSA) is 118 Å². The van der Waals surface area contributed by atoms with Crippen molar-refractivity contribution in [3.63, 3.8) is 0 Å². The number of benzene rings is 2. The van der Waals surface area contributed by atoms with E-state index in [4.69, 9.17) is 14.5 Å². The first kappa shape index (κ1) is 24.1. The first-order chi connectivity index (χ1) is 16.7. The van der Waals surface area contributed by atoms with E-state index >= 15 is 0 Å². The highest BCUT2D eigenvalue weighted by Crippen LogP contribution is 2.47. The fourth-order valence-electron chi connectivity index (χ4n) is 4.51. The highest BCUT2D eigenvalue weighted by atomic mass is 16.6. The minimum Gasteiger partial charge on any atom is -0.448 e. The molecule has 0 spiro atoms. The number of carbonyl (C=O) groups is 2. The first-order valence-corrected chi connectivity index (χ1v) is 11.3. The van der Waals surface area contributed by atoms with Crippen molar-refractivity contribution in [2.24, 2.45) is 4.99 Å². The number of fused-ring (bicyclic) bond motifs is 1. The summed E-state index contributed by atoms with van der Waals surface area (Å²) in [5, 5.41) is 13.7. The molecule has 4 rings (SSSR count). The van der Waals surface area contributed by atoms with Crippen LogP contribution in [0.1, 0.15) is 45.0 Å². The van der Waals surface area contributed by atoms with E-state index in [0.717, 1.165) is 5.56 Å². The van der Waals surface area contributed by atoms with E-state index in [1.165, 1.54) is 22.2 Å². The number of nitro benzene ring substituents is 1. The number of nitrogens with zero attached hydrogens (tertiary/aromatic N) is 5. The van der Waals surface area contributed by atoms with E-state index in [-0.39, 0.29) is 18.9 Å². The normalized spacial score (nSPS) is 20.9. The van der Waals surface area contributed by atoms with E-state index in [2.05, 4.69) is 0 Å². The van der Waals surface area contributed by atoms with E-state index in [1.807, 2.05) is 49.1 Å². The molecule has 2 aliphatic heterocycles. The Labute approximate surface area is 202 Å². The van der Waals surface area contributed by atoms with Crippen LogP contribution in [-0.4, -0.2) is 62.8 Å². The van der Waals surface area contributed by atoms with Gasteiger partial charge >= 0.3 is 12.2 Å². The Morgan fingerprint density at radius 2 is 1.49 bits per heavy atom. The Morgan fingerprint density at radius 3 is 2.00 bits per heavy atom. The molecule has 2 atom stereocenters. The lowest BCUT2D eigenvalue weighted by Crippen LogP contribution is -2.52. The van der Waals surface area contributed by atoms with Crippen LogP contribution in [0.3, 0.4) is 0 Å². The molecule has 1 fully saturated rings. The van der Waals surface area contributed by atoms with Crippen molar-refractivity contribution in [2.45, 2.75) is 45.7 Å². The van der Waals surface area contributed by atoms with Crippen LogP contribution in [0.2, 0.25) is 0 Å². The van der Waals surface area contributed by atoms with Gasteiger partial charge in [-0.25, -0.2) is 14.5 Å². The summed E-state index contributed by atoms with van der Waals surface area (Å²) in [6.07, 6.45) is -3.11. The maximum atomic E-state index is 13.3. The van der Waals surface area contributed by atoms with Crippen LogP contribution >= 0.6 is 0 Å². The number of ether oxygens (including phenoxy) is 2. The van der Waals surface area contributed by atoms with Crippen LogP contribution < -0.4 is 0 Å². The molecule has 0 radical (unpaired) electrons. The smallest absolute Gasteiger partial charge is 0.430 e. The van der Waals surface area contributed by atoms with Gasteiger partial charge in [0.2, 0.25) is 0 Å². The molecular weight excluding hydrogens is 454 g/mol. The van der Waals surface area contributed by atoms with Gasteiger partial charge < -0.3 is 9.47 Å². The lowest BCUT2D eigenvalue weighted by molar-refractivity contribution is -0.384. The van der Waals surface area contributed by atoms with Gasteiger partial charge in [-0.2, -0.15) is 10.0 Å². The summed E-state index contributed by atoms with van der Waals surface area (Å²) >= 11 is 0. The molecular formula is C24H27N5O6. The molecule has 11 heteroatoms. The fourth-order valence-corrected chi connectivity index (χ4v) is 4.51. The molecule has 2 amide bonds. The molecule has 0 bridgehead atoms. The number of amides is 2. The van der Waals surface area contributed by atoms with Crippen LogP contribution in [0.5, 0.6) is 0 Å². The second kappa shape index (κ2) is 9.34. The number of rotatable bonds is 5. The van der Waals surface area contributed by atoms with Gasteiger partial charge in [-0.05, 0) is 51.0 Å². The zero-order chi connectivity index (χ0) is 25.3. The number of hydrogen-bond donors (Lipinski definition) is 0. The summed E-state index contributed by atoms with van der Waals surface area (Å²) in [5.74, 6) is 0. The average Bonchev–Trinajstić information content (AvgIpc) is 3.33. The molecule has 11 nitrogen and oxygen atoms in total. The van der Waals surface area contributed by atoms with Crippen LogP contribution in [0.25, 0.3) is 0 Å². The molecule has 0 aliphatic carbocycles. The van der Waals surface area contributed by atoms with Gasteiger partial charge in [-0.1, -0.05) is 30.3 Å². The maximum absolute atomic E-state index is 13.3. The van der Waals surface area contributed by atoms with E-state index in [9.17, 15) is 19.7 Å². The molecule has 2 heterocycles. The van der Waals surface area contributed by atoms with Crippen molar-refractivity contribution < 1.29 is 24.0 Å². The molecule has 1 saturated heterocycles. The SMILES string of the molecule is CCOC(=O)N1C2C(c3ccccc3)=NC(C)(C)N2C(c2ccc([N+](=O)[O-])cc2)N1C(=O)OCC. The van der Waals surface area contributed by atoms with Crippen LogP contribution in [0.15, 0.2) is 59.6 Å².